The highest BCUT2D eigenvalue weighted by Crippen LogP contribution is 2.26. The average Bonchev–Trinajstić information content (AvgIpc) is 2.85. The average molecular weight is 355 g/mol. The number of hydrogen-bond donors (Lipinski definition) is 2. The normalized spacial score (nSPS) is 10.2. The summed E-state index contributed by atoms with van der Waals surface area (Å²) in [5.41, 5.74) is 1.73. The Morgan fingerprint density at radius 2 is 1.95 bits per heavy atom. The van der Waals surface area contributed by atoms with Gasteiger partial charge < -0.3 is 10.4 Å². The molecule has 2 rings (SSSR count). The van der Waals surface area contributed by atoms with E-state index in [4.69, 9.17) is 5.11 Å². The van der Waals surface area contributed by atoms with E-state index in [2.05, 4.69) is 26.2 Å². The van der Waals surface area contributed by atoms with Crippen molar-refractivity contribution in [3.8, 4) is 11.3 Å². The van der Waals surface area contributed by atoms with Crippen molar-refractivity contribution >= 4 is 44.3 Å². The lowest BCUT2D eigenvalue weighted by Gasteiger charge is -1.99. The van der Waals surface area contributed by atoms with Crippen molar-refractivity contribution in [3.05, 3.63) is 34.1 Å². The molecule has 20 heavy (non-hydrogen) atoms. The van der Waals surface area contributed by atoms with E-state index in [1.807, 2.05) is 29.6 Å². The van der Waals surface area contributed by atoms with Crippen LogP contribution in [0.2, 0.25) is 0 Å². The second-order valence-corrected chi connectivity index (χ2v) is 5.76. The van der Waals surface area contributed by atoms with Gasteiger partial charge in [0.2, 0.25) is 5.91 Å². The third-order valence-corrected chi connectivity index (χ3v) is 3.74. The van der Waals surface area contributed by atoms with Crippen LogP contribution in [0.4, 0.5) is 5.13 Å². The number of aliphatic carboxylic acids is 1. The first-order valence-electron chi connectivity index (χ1n) is 5.78. The number of amides is 1. The number of aromatic nitrogens is 1. The quantitative estimate of drug-likeness (QED) is 0.862. The van der Waals surface area contributed by atoms with Gasteiger partial charge in [-0.15, -0.1) is 11.3 Å². The standard InChI is InChI=1S/C13H11BrN2O3S/c14-9-3-1-8(2-4-9)10-7-20-13(15-10)16-11(17)5-6-12(18)19/h1-4,7H,5-6H2,(H,18,19)(H,15,16,17). The van der Waals surface area contributed by atoms with Crippen LogP contribution >= 0.6 is 27.3 Å². The maximum atomic E-state index is 11.5. The number of carboxylic acid groups (broad SMARTS) is 1. The van der Waals surface area contributed by atoms with Crippen LogP contribution in [-0.4, -0.2) is 22.0 Å². The van der Waals surface area contributed by atoms with Crippen LogP contribution in [0.1, 0.15) is 12.8 Å². The van der Waals surface area contributed by atoms with Crippen molar-refractivity contribution in [3.63, 3.8) is 0 Å². The molecule has 0 spiro atoms. The molecule has 1 aromatic carbocycles. The van der Waals surface area contributed by atoms with Gasteiger partial charge in [0.1, 0.15) is 0 Å². The van der Waals surface area contributed by atoms with Crippen molar-refractivity contribution in [1.29, 1.82) is 0 Å². The lowest BCUT2D eigenvalue weighted by atomic mass is 10.2. The molecular weight excluding hydrogens is 344 g/mol. The predicted octanol–water partition coefficient (Wildman–Crippen LogP) is 3.38. The highest BCUT2D eigenvalue weighted by Gasteiger charge is 2.09. The molecule has 1 aromatic heterocycles. The van der Waals surface area contributed by atoms with E-state index in [-0.39, 0.29) is 18.7 Å². The molecule has 0 bridgehead atoms. The van der Waals surface area contributed by atoms with Gasteiger partial charge in [0, 0.05) is 21.8 Å². The lowest BCUT2D eigenvalue weighted by molar-refractivity contribution is -0.138. The number of thiazole rings is 1. The molecule has 1 amide bonds. The Morgan fingerprint density at radius 3 is 2.60 bits per heavy atom. The second-order valence-electron chi connectivity index (χ2n) is 3.99. The van der Waals surface area contributed by atoms with Gasteiger partial charge in [-0.05, 0) is 12.1 Å². The molecule has 104 valence electrons. The summed E-state index contributed by atoms with van der Waals surface area (Å²) < 4.78 is 0.985. The van der Waals surface area contributed by atoms with E-state index >= 15 is 0 Å². The molecule has 0 unspecified atom stereocenters. The summed E-state index contributed by atoms with van der Waals surface area (Å²) in [7, 11) is 0. The molecule has 7 heteroatoms. The molecule has 5 nitrogen and oxygen atoms in total. The summed E-state index contributed by atoms with van der Waals surface area (Å²) in [5.74, 6) is -1.33. The van der Waals surface area contributed by atoms with Gasteiger partial charge in [-0.3, -0.25) is 9.59 Å². The molecule has 2 aromatic rings. The Bertz CT molecular complexity index is 625. The van der Waals surface area contributed by atoms with E-state index in [0.717, 1.165) is 15.7 Å². The molecule has 0 saturated heterocycles. The fourth-order valence-corrected chi connectivity index (χ4v) is 2.49. The number of anilines is 1. The monoisotopic (exact) mass is 354 g/mol. The number of carbonyl (C=O) groups is 2. The minimum atomic E-state index is -0.991. The van der Waals surface area contributed by atoms with Crippen LogP contribution in [0.5, 0.6) is 0 Å². The maximum absolute atomic E-state index is 11.5. The first-order valence-corrected chi connectivity index (χ1v) is 7.45. The lowest BCUT2D eigenvalue weighted by Crippen LogP contribution is -2.12. The van der Waals surface area contributed by atoms with E-state index < -0.39 is 5.97 Å². The Hall–Kier alpha value is -1.73. The highest BCUT2D eigenvalue weighted by atomic mass is 79.9. The van der Waals surface area contributed by atoms with Crippen LogP contribution in [0.15, 0.2) is 34.1 Å². The largest absolute Gasteiger partial charge is 0.481 e. The Kier molecular flexibility index (Phi) is 4.86. The fraction of sp³-hybridized carbons (Fsp3) is 0.154. The van der Waals surface area contributed by atoms with Gasteiger partial charge in [0.05, 0.1) is 12.1 Å². The SMILES string of the molecule is O=C(O)CCC(=O)Nc1nc(-c2ccc(Br)cc2)cs1. The smallest absolute Gasteiger partial charge is 0.303 e. The van der Waals surface area contributed by atoms with E-state index in [0.29, 0.717) is 5.13 Å². The summed E-state index contributed by atoms with van der Waals surface area (Å²) in [5, 5.41) is 13.4. The van der Waals surface area contributed by atoms with Crippen molar-refractivity contribution < 1.29 is 14.7 Å². The van der Waals surface area contributed by atoms with Crippen LogP contribution in [0, 0.1) is 0 Å². The zero-order valence-corrected chi connectivity index (χ0v) is 12.7. The molecule has 0 aliphatic rings. The number of nitrogens with one attached hydrogen (secondary N) is 1. The second kappa shape index (κ2) is 6.62. The predicted molar refractivity (Wildman–Crippen MR) is 80.7 cm³/mol. The summed E-state index contributed by atoms with van der Waals surface area (Å²) in [4.78, 5) is 26.2. The number of nitrogens with zero attached hydrogens (tertiary/aromatic N) is 1. The molecule has 0 atom stereocenters. The zero-order chi connectivity index (χ0) is 14.5. The third-order valence-electron chi connectivity index (χ3n) is 2.46. The van der Waals surface area contributed by atoms with Crippen molar-refractivity contribution in [2.45, 2.75) is 12.8 Å². The number of halogens is 1. The summed E-state index contributed by atoms with van der Waals surface area (Å²) in [6.07, 6.45) is -0.237. The van der Waals surface area contributed by atoms with Crippen LogP contribution in [0.25, 0.3) is 11.3 Å². The van der Waals surface area contributed by atoms with E-state index in [1.54, 1.807) is 0 Å². The molecule has 1 heterocycles. The Labute approximate surface area is 127 Å². The van der Waals surface area contributed by atoms with Crippen LogP contribution < -0.4 is 5.32 Å². The maximum Gasteiger partial charge on any atom is 0.303 e. The molecule has 0 aliphatic heterocycles. The minimum absolute atomic E-state index is 0.0530. The zero-order valence-electron chi connectivity index (χ0n) is 10.3. The van der Waals surface area contributed by atoms with Crippen molar-refractivity contribution in [2.24, 2.45) is 0 Å². The summed E-state index contributed by atoms with van der Waals surface area (Å²) in [6.45, 7) is 0. The van der Waals surface area contributed by atoms with Gasteiger partial charge >= 0.3 is 5.97 Å². The highest BCUT2D eigenvalue weighted by molar-refractivity contribution is 9.10. The minimum Gasteiger partial charge on any atom is -0.481 e. The van der Waals surface area contributed by atoms with E-state index in [9.17, 15) is 9.59 Å². The number of benzene rings is 1. The Morgan fingerprint density at radius 1 is 1.25 bits per heavy atom. The van der Waals surface area contributed by atoms with Gasteiger partial charge in [-0.1, -0.05) is 28.1 Å². The first-order chi connectivity index (χ1) is 9.54. The molecule has 0 fully saturated rings. The van der Waals surface area contributed by atoms with Gasteiger partial charge in [0.15, 0.2) is 5.13 Å². The van der Waals surface area contributed by atoms with Gasteiger partial charge in [-0.25, -0.2) is 4.98 Å². The van der Waals surface area contributed by atoms with Gasteiger partial charge in [-0.2, -0.15) is 0 Å². The number of rotatable bonds is 5. The molecule has 0 aliphatic carbocycles. The van der Waals surface area contributed by atoms with Crippen LogP contribution in [-0.2, 0) is 9.59 Å². The number of carboxylic acids is 1. The number of carbonyl (C=O) groups excluding carboxylic acids is 1. The summed E-state index contributed by atoms with van der Waals surface area (Å²) in [6, 6.07) is 7.68. The topological polar surface area (TPSA) is 79.3 Å². The van der Waals surface area contributed by atoms with Crippen molar-refractivity contribution in [1.82, 2.24) is 4.98 Å². The van der Waals surface area contributed by atoms with Gasteiger partial charge in [0.25, 0.3) is 0 Å². The molecule has 0 saturated carbocycles. The summed E-state index contributed by atoms with van der Waals surface area (Å²) >= 11 is 4.67. The third kappa shape index (κ3) is 4.14. The van der Waals surface area contributed by atoms with Crippen LogP contribution in [0.3, 0.4) is 0 Å². The molecule has 2 N–H and O–H groups in total. The molecular formula is C13H11BrN2O3S. The van der Waals surface area contributed by atoms with E-state index in [1.165, 1.54) is 11.3 Å². The first kappa shape index (κ1) is 14.7. The molecule has 0 radical (unpaired) electrons. The van der Waals surface area contributed by atoms with Crippen molar-refractivity contribution in [2.75, 3.05) is 5.32 Å². The number of hydrogen-bond acceptors (Lipinski definition) is 4. The Balaban J connectivity index is 2.00. The fourth-order valence-electron chi connectivity index (χ4n) is 1.49.